The van der Waals surface area contributed by atoms with Crippen LogP contribution >= 0.6 is 0 Å². The standard InChI is InChI=1S/C18H27NO/c1-2-3-4-5-6-7-8-16-9-11-17(12-10-16)19-14-13-18(20)15-19/h9-12H,2-8,13-15H2,1H3. The Morgan fingerprint density at radius 1 is 1.00 bits per heavy atom. The Hall–Kier alpha value is -1.31. The van der Waals surface area contributed by atoms with E-state index in [4.69, 9.17) is 0 Å². The lowest BCUT2D eigenvalue weighted by molar-refractivity contribution is -0.116. The van der Waals surface area contributed by atoms with Crippen molar-refractivity contribution in [3.05, 3.63) is 29.8 Å². The summed E-state index contributed by atoms with van der Waals surface area (Å²) in [5.74, 6) is 0.362. The molecule has 0 unspecified atom stereocenters. The van der Waals surface area contributed by atoms with Gasteiger partial charge in [0.15, 0.2) is 5.78 Å². The zero-order valence-electron chi connectivity index (χ0n) is 12.7. The number of unbranched alkanes of at least 4 members (excludes halogenated alkanes) is 5. The van der Waals surface area contributed by atoms with E-state index < -0.39 is 0 Å². The third-order valence-corrected chi connectivity index (χ3v) is 4.15. The number of benzene rings is 1. The summed E-state index contributed by atoms with van der Waals surface area (Å²) >= 11 is 0. The van der Waals surface area contributed by atoms with E-state index in [1.165, 1.54) is 56.2 Å². The van der Waals surface area contributed by atoms with E-state index in [2.05, 4.69) is 36.1 Å². The Morgan fingerprint density at radius 3 is 2.35 bits per heavy atom. The molecule has 1 heterocycles. The van der Waals surface area contributed by atoms with Gasteiger partial charge in [0.05, 0.1) is 6.54 Å². The maximum absolute atomic E-state index is 11.3. The summed E-state index contributed by atoms with van der Waals surface area (Å²) in [5, 5.41) is 0. The molecule has 1 aromatic carbocycles. The summed E-state index contributed by atoms with van der Waals surface area (Å²) in [6.07, 6.45) is 10.0. The molecule has 20 heavy (non-hydrogen) atoms. The van der Waals surface area contributed by atoms with Gasteiger partial charge in [-0.05, 0) is 30.5 Å². The fourth-order valence-electron chi connectivity index (χ4n) is 2.83. The molecule has 1 fully saturated rings. The molecule has 0 atom stereocenters. The fourth-order valence-corrected chi connectivity index (χ4v) is 2.83. The Bertz CT molecular complexity index is 410. The molecule has 0 saturated carbocycles. The van der Waals surface area contributed by atoms with E-state index >= 15 is 0 Å². The van der Waals surface area contributed by atoms with Crippen LogP contribution in [0.3, 0.4) is 0 Å². The van der Waals surface area contributed by atoms with E-state index in [1.54, 1.807) is 0 Å². The number of nitrogens with zero attached hydrogens (tertiary/aromatic N) is 1. The summed E-state index contributed by atoms with van der Waals surface area (Å²) < 4.78 is 0. The van der Waals surface area contributed by atoms with E-state index in [-0.39, 0.29) is 0 Å². The zero-order chi connectivity index (χ0) is 14.2. The molecular formula is C18H27NO. The number of anilines is 1. The minimum Gasteiger partial charge on any atom is -0.364 e. The molecule has 1 aromatic rings. The van der Waals surface area contributed by atoms with Crippen LogP contribution in [0.25, 0.3) is 0 Å². The number of aryl methyl sites for hydroxylation is 1. The van der Waals surface area contributed by atoms with Crippen molar-refractivity contribution in [1.29, 1.82) is 0 Å². The predicted octanol–water partition coefficient (Wildman–Crippen LogP) is 4.37. The number of Topliss-reactive ketones (excluding diaryl/α,β-unsaturated/α-hetero) is 1. The van der Waals surface area contributed by atoms with Gasteiger partial charge in [0.1, 0.15) is 0 Å². The van der Waals surface area contributed by atoms with Crippen LogP contribution in [0.1, 0.15) is 57.4 Å². The molecule has 0 bridgehead atoms. The number of ketones is 1. The third kappa shape index (κ3) is 4.66. The highest BCUT2D eigenvalue weighted by molar-refractivity contribution is 5.87. The number of carbonyl (C=O) groups is 1. The second-order valence-corrected chi connectivity index (χ2v) is 5.89. The van der Waals surface area contributed by atoms with Crippen LogP contribution in [0.15, 0.2) is 24.3 Å². The molecule has 0 N–H and O–H groups in total. The van der Waals surface area contributed by atoms with Gasteiger partial charge in [0, 0.05) is 18.7 Å². The lowest BCUT2D eigenvalue weighted by atomic mass is 10.0. The minimum atomic E-state index is 0.362. The highest BCUT2D eigenvalue weighted by atomic mass is 16.1. The van der Waals surface area contributed by atoms with Crippen LogP contribution in [-0.4, -0.2) is 18.9 Å². The molecule has 0 aromatic heterocycles. The van der Waals surface area contributed by atoms with E-state index in [9.17, 15) is 4.79 Å². The van der Waals surface area contributed by atoms with Crippen molar-refractivity contribution < 1.29 is 4.79 Å². The van der Waals surface area contributed by atoms with Crippen molar-refractivity contribution in [2.24, 2.45) is 0 Å². The monoisotopic (exact) mass is 273 g/mol. The molecule has 2 nitrogen and oxygen atoms in total. The highest BCUT2D eigenvalue weighted by Gasteiger charge is 2.19. The van der Waals surface area contributed by atoms with Gasteiger partial charge >= 0.3 is 0 Å². The Labute approximate surface area is 123 Å². The first-order chi connectivity index (χ1) is 9.79. The Kier molecular flexibility index (Phi) is 6.10. The molecule has 1 aliphatic rings. The number of hydrogen-bond acceptors (Lipinski definition) is 2. The molecule has 110 valence electrons. The van der Waals surface area contributed by atoms with Crippen molar-refractivity contribution in [3.63, 3.8) is 0 Å². The van der Waals surface area contributed by atoms with Gasteiger partial charge in [-0.15, -0.1) is 0 Å². The second kappa shape index (κ2) is 8.08. The van der Waals surface area contributed by atoms with Crippen molar-refractivity contribution in [2.45, 2.75) is 58.3 Å². The Morgan fingerprint density at radius 2 is 1.70 bits per heavy atom. The lowest BCUT2D eigenvalue weighted by Crippen LogP contribution is -2.19. The van der Waals surface area contributed by atoms with Crippen LogP contribution < -0.4 is 4.90 Å². The van der Waals surface area contributed by atoms with Crippen molar-refractivity contribution in [3.8, 4) is 0 Å². The van der Waals surface area contributed by atoms with Gasteiger partial charge in [-0.1, -0.05) is 51.2 Å². The average molecular weight is 273 g/mol. The topological polar surface area (TPSA) is 20.3 Å². The van der Waals surface area contributed by atoms with Gasteiger partial charge in [0.2, 0.25) is 0 Å². The zero-order valence-corrected chi connectivity index (χ0v) is 12.7. The average Bonchev–Trinajstić information content (AvgIpc) is 2.90. The van der Waals surface area contributed by atoms with Crippen LogP contribution in [0.4, 0.5) is 5.69 Å². The molecule has 0 amide bonds. The number of carbonyl (C=O) groups excluding carboxylic acids is 1. The smallest absolute Gasteiger partial charge is 0.153 e. The quantitative estimate of drug-likeness (QED) is 0.656. The number of rotatable bonds is 8. The second-order valence-electron chi connectivity index (χ2n) is 5.89. The van der Waals surface area contributed by atoms with Crippen LogP contribution in [0, 0.1) is 0 Å². The predicted molar refractivity (Wildman–Crippen MR) is 85.4 cm³/mol. The fraction of sp³-hybridized carbons (Fsp3) is 0.611. The van der Waals surface area contributed by atoms with Gasteiger partial charge < -0.3 is 4.90 Å². The van der Waals surface area contributed by atoms with Crippen molar-refractivity contribution >= 4 is 11.5 Å². The first-order valence-corrected chi connectivity index (χ1v) is 8.15. The molecule has 0 radical (unpaired) electrons. The third-order valence-electron chi connectivity index (χ3n) is 4.15. The summed E-state index contributed by atoms with van der Waals surface area (Å²) in [6, 6.07) is 8.80. The van der Waals surface area contributed by atoms with Gasteiger partial charge in [-0.3, -0.25) is 4.79 Å². The van der Waals surface area contributed by atoms with Gasteiger partial charge in [-0.2, -0.15) is 0 Å². The summed E-state index contributed by atoms with van der Waals surface area (Å²) in [5.41, 5.74) is 2.62. The molecule has 1 saturated heterocycles. The first-order valence-electron chi connectivity index (χ1n) is 8.15. The maximum Gasteiger partial charge on any atom is 0.153 e. The van der Waals surface area contributed by atoms with Crippen LogP contribution in [0.2, 0.25) is 0 Å². The SMILES string of the molecule is CCCCCCCCc1ccc(N2CCC(=O)C2)cc1. The van der Waals surface area contributed by atoms with Crippen LogP contribution in [-0.2, 0) is 11.2 Å². The maximum atomic E-state index is 11.3. The lowest BCUT2D eigenvalue weighted by Gasteiger charge is -2.16. The molecule has 0 spiro atoms. The molecule has 0 aliphatic carbocycles. The number of hydrogen-bond donors (Lipinski definition) is 0. The highest BCUT2D eigenvalue weighted by Crippen LogP contribution is 2.20. The van der Waals surface area contributed by atoms with E-state index in [0.717, 1.165) is 6.54 Å². The minimum absolute atomic E-state index is 0.362. The molecule has 1 aliphatic heterocycles. The normalized spacial score (nSPS) is 15.1. The van der Waals surface area contributed by atoms with E-state index in [1.807, 2.05) is 0 Å². The Balaban J connectivity index is 1.70. The largest absolute Gasteiger partial charge is 0.364 e. The summed E-state index contributed by atoms with van der Waals surface area (Å²) in [6.45, 7) is 3.74. The van der Waals surface area contributed by atoms with Crippen molar-refractivity contribution in [2.75, 3.05) is 18.0 Å². The molecular weight excluding hydrogens is 246 g/mol. The van der Waals surface area contributed by atoms with Crippen molar-refractivity contribution in [1.82, 2.24) is 0 Å². The van der Waals surface area contributed by atoms with Crippen LogP contribution in [0.5, 0.6) is 0 Å². The summed E-state index contributed by atoms with van der Waals surface area (Å²) in [7, 11) is 0. The molecule has 2 rings (SSSR count). The van der Waals surface area contributed by atoms with Gasteiger partial charge in [0.25, 0.3) is 0 Å². The molecule has 2 heteroatoms. The first kappa shape index (κ1) is 15.1. The summed E-state index contributed by atoms with van der Waals surface area (Å²) in [4.78, 5) is 13.5. The van der Waals surface area contributed by atoms with Gasteiger partial charge in [-0.25, -0.2) is 0 Å². The van der Waals surface area contributed by atoms with E-state index in [0.29, 0.717) is 18.7 Å².